The Morgan fingerprint density at radius 3 is 2.48 bits per heavy atom. The van der Waals surface area contributed by atoms with E-state index in [0.29, 0.717) is 43.9 Å². The van der Waals surface area contributed by atoms with Crippen molar-refractivity contribution < 1.29 is 31.1 Å². The summed E-state index contributed by atoms with van der Waals surface area (Å²) in [7, 11) is -4.10. The minimum Gasteiger partial charge on any atom is -0.618 e. The van der Waals surface area contributed by atoms with Gasteiger partial charge in [-0.2, -0.15) is 17.9 Å². The van der Waals surface area contributed by atoms with Gasteiger partial charge in [-0.15, -0.1) is 0 Å². The Hall–Kier alpha value is -2.66. The topological polar surface area (TPSA) is 93.4 Å². The van der Waals surface area contributed by atoms with Crippen LogP contribution >= 0.6 is 0 Å². The third-order valence-electron chi connectivity index (χ3n) is 5.27. The minimum atomic E-state index is -4.91. The molecule has 0 atom stereocenters. The van der Waals surface area contributed by atoms with Crippen molar-refractivity contribution in [2.45, 2.75) is 29.8 Å². The third-order valence-corrected chi connectivity index (χ3v) is 6.42. The summed E-state index contributed by atoms with van der Waals surface area (Å²) in [6.45, 7) is 1.36. The molecule has 3 rings (SSSR count). The molecular formula is C20H22F3N3O4S. The number of hydrogen-bond acceptors (Lipinski definition) is 5. The van der Waals surface area contributed by atoms with E-state index < -0.39 is 32.4 Å². The molecule has 0 unspecified atom stereocenters. The minimum absolute atomic E-state index is 0.100. The van der Waals surface area contributed by atoms with Gasteiger partial charge in [-0.25, -0.2) is 8.42 Å². The standard InChI is InChI=1S/C20H22F3N3O4S/c1-31(29,30)18-6-5-15(12-16(18)20(21,22)23)19(27)24-13-25-10-7-14(8-11-25)17-4-2-3-9-26(17)28/h2-6,9,12,14H,7-8,10-11,13H2,1H3,(H,24,27). The molecule has 31 heavy (non-hydrogen) atoms. The van der Waals surface area contributed by atoms with E-state index in [4.69, 9.17) is 0 Å². The Bertz CT molecular complexity index is 1070. The number of rotatable bonds is 5. The van der Waals surface area contributed by atoms with E-state index in [-0.39, 0.29) is 18.2 Å². The van der Waals surface area contributed by atoms with Crippen LogP contribution in [0.4, 0.5) is 13.2 Å². The van der Waals surface area contributed by atoms with E-state index >= 15 is 0 Å². The van der Waals surface area contributed by atoms with Crippen LogP contribution in [-0.2, 0) is 16.0 Å². The van der Waals surface area contributed by atoms with Gasteiger partial charge in [0.25, 0.3) is 5.91 Å². The van der Waals surface area contributed by atoms with Crippen molar-refractivity contribution in [2.75, 3.05) is 26.0 Å². The van der Waals surface area contributed by atoms with Crippen molar-refractivity contribution in [3.8, 4) is 0 Å². The molecule has 1 fully saturated rings. The van der Waals surface area contributed by atoms with E-state index in [9.17, 15) is 31.6 Å². The number of aromatic nitrogens is 1. The van der Waals surface area contributed by atoms with Crippen LogP contribution in [0.5, 0.6) is 0 Å². The molecule has 2 aromatic rings. The van der Waals surface area contributed by atoms with Crippen LogP contribution in [0.25, 0.3) is 0 Å². The number of halogens is 3. The van der Waals surface area contributed by atoms with Crippen molar-refractivity contribution in [3.05, 3.63) is 64.6 Å². The normalized spacial score (nSPS) is 16.3. The number of sulfone groups is 1. The Morgan fingerprint density at radius 1 is 1.23 bits per heavy atom. The van der Waals surface area contributed by atoms with E-state index in [1.165, 1.54) is 6.20 Å². The second-order valence-corrected chi connectivity index (χ2v) is 9.47. The first kappa shape index (κ1) is 23.0. The monoisotopic (exact) mass is 457 g/mol. The van der Waals surface area contributed by atoms with Crippen molar-refractivity contribution in [1.29, 1.82) is 0 Å². The highest BCUT2D eigenvalue weighted by molar-refractivity contribution is 7.90. The van der Waals surface area contributed by atoms with Crippen LogP contribution < -0.4 is 10.0 Å². The Kier molecular flexibility index (Phi) is 6.56. The van der Waals surface area contributed by atoms with Crippen LogP contribution in [0.2, 0.25) is 0 Å². The molecule has 1 aliphatic heterocycles. The van der Waals surface area contributed by atoms with Crippen molar-refractivity contribution in [3.63, 3.8) is 0 Å². The fourth-order valence-electron chi connectivity index (χ4n) is 3.65. The lowest BCUT2D eigenvalue weighted by Crippen LogP contribution is -2.43. The molecule has 2 heterocycles. The summed E-state index contributed by atoms with van der Waals surface area (Å²) in [6.07, 6.45) is -1.35. The second kappa shape index (κ2) is 8.83. The van der Waals surface area contributed by atoms with E-state index in [1.807, 2.05) is 4.90 Å². The van der Waals surface area contributed by atoms with Gasteiger partial charge in [-0.05, 0) is 31.0 Å². The van der Waals surface area contributed by atoms with Gasteiger partial charge in [-0.3, -0.25) is 9.69 Å². The molecule has 0 spiro atoms. The van der Waals surface area contributed by atoms with E-state index in [2.05, 4.69) is 5.32 Å². The SMILES string of the molecule is CS(=O)(=O)c1ccc(C(=O)NCN2CCC(c3cccc[n+]3[O-])CC2)cc1C(F)(F)F. The lowest BCUT2D eigenvalue weighted by molar-refractivity contribution is -0.616. The van der Waals surface area contributed by atoms with Gasteiger partial charge in [-0.1, -0.05) is 6.07 Å². The molecular weight excluding hydrogens is 435 g/mol. The zero-order valence-corrected chi connectivity index (χ0v) is 17.5. The number of likely N-dealkylation sites (tertiary alicyclic amines) is 1. The van der Waals surface area contributed by atoms with Gasteiger partial charge < -0.3 is 10.5 Å². The number of benzene rings is 1. The molecule has 0 radical (unpaired) electrons. The maximum Gasteiger partial charge on any atom is 0.417 e. The van der Waals surface area contributed by atoms with Gasteiger partial charge in [0.05, 0.1) is 17.1 Å². The molecule has 0 aliphatic carbocycles. The average Bonchev–Trinajstić information content (AvgIpc) is 2.71. The summed E-state index contributed by atoms with van der Waals surface area (Å²) < 4.78 is 63.9. The molecule has 11 heteroatoms. The first-order chi connectivity index (χ1) is 14.5. The largest absolute Gasteiger partial charge is 0.618 e. The van der Waals surface area contributed by atoms with Crippen LogP contribution in [0.3, 0.4) is 0 Å². The summed E-state index contributed by atoms with van der Waals surface area (Å²) in [4.78, 5) is 13.4. The number of piperidine rings is 1. The number of alkyl halides is 3. The van der Waals surface area contributed by atoms with Gasteiger partial charge in [0.15, 0.2) is 21.7 Å². The molecule has 0 bridgehead atoms. The Labute approximate surface area is 178 Å². The maximum atomic E-state index is 13.3. The lowest BCUT2D eigenvalue weighted by Gasteiger charge is -2.31. The zero-order chi connectivity index (χ0) is 22.8. The number of pyridine rings is 1. The lowest BCUT2D eigenvalue weighted by atomic mass is 9.93. The third kappa shape index (κ3) is 5.53. The number of carbonyl (C=O) groups excluding carboxylic acids is 1. The predicted molar refractivity (Wildman–Crippen MR) is 106 cm³/mol. The number of nitrogens with zero attached hydrogens (tertiary/aromatic N) is 2. The smallest absolute Gasteiger partial charge is 0.417 e. The molecule has 0 saturated carbocycles. The molecule has 1 aromatic carbocycles. The Morgan fingerprint density at radius 2 is 1.90 bits per heavy atom. The fraction of sp³-hybridized carbons (Fsp3) is 0.400. The summed E-state index contributed by atoms with van der Waals surface area (Å²) in [5.41, 5.74) is -0.944. The van der Waals surface area contributed by atoms with Gasteiger partial charge in [0, 0.05) is 43.0 Å². The van der Waals surface area contributed by atoms with E-state index in [1.54, 1.807) is 18.2 Å². The molecule has 7 nitrogen and oxygen atoms in total. The summed E-state index contributed by atoms with van der Waals surface area (Å²) in [6, 6.07) is 7.68. The summed E-state index contributed by atoms with van der Waals surface area (Å²) >= 11 is 0. The number of hydrogen-bond donors (Lipinski definition) is 1. The Balaban J connectivity index is 1.62. The summed E-state index contributed by atoms with van der Waals surface area (Å²) in [5.74, 6) is -0.628. The van der Waals surface area contributed by atoms with Crippen LogP contribution in [0.1, 0.15) is 40.4 Å². The van der Waals surface area contributed by atoms with Crippen molar-refractivity contribution in [1.82, 2.24) is 10.2 Å². The molecule has 168 valence electrons. The number of carbonyl (C=O) groups is 1. The van der Waals surface area contributed by atoms with Crippen LogP contribution in [0.15, 0.2) is 47.5 Å². The van der Waals surface area contributed by atoms with Crippen molar-refractivity contribution >= 4 is 15.7 Å². The highest BCUT2D eigenvalue weighted by Gasteiger charge is 2.37. The van der Waals surface area contributed by atoms with Gasteiger partial charge in [0.2, 0.25) is 0 Å². The molecule has 1 N–H and O–H groups in total. The number of nitrogens with one attached hydrogen (secondary N) is 1. The summed E-state index contributed by atoms with van der Waals surface area (Å²) in [5, 5.41) is 14.5. The van der Waals surface area contributed by atoms with Gasteiger partial charge >= 0.3 is 6.18 Å². The quantitative estimate of drug-likeness (QED) is 0.550. The molecule has 1 aromatic heterocycles. The van der Waals surface area contributed by atoms with Crippen molar-refractivity contribution in [2.24, 2.45) is 0 Å². The molecule has 1 saturated heterocycles. The van der Waals surface area contributed by atoms with Crippen LogP contribution in [-0.4, -0.2) is 45.2 Å². The first-order valence-electron chi connectivity index (χ1n) is 9.57. The molecule has 1 aliphatic rings. The number of amides is 1. The molecule has 1 amide bonds. The maximum absolute atomic E-state index is 13.3. The highest BCUT2D eigenvalue weighted by atomic mass is 32.2. The second-order valence-electron chi connectivity index (χ2n) is 7.49. The van der Waals surface area contributed by atoms with Gasteiger partial charge in [0.1, 0.15) is 0 Å². The fourth-order valence-corrected chi connectivity index (χ4v) is 4.54. The first-order valence-corrected chi connectivity index (χ1v) is 11.5. The highest BCUT2D eigenvalue weighted by Crippen LogP contribution is 2.35. The average molecular weight is 457 g/mol. The van der Waals surface area contributed by atoms with Crippen LogP contribution in [0, 0.1) is 5.21 Å². The predicted octanol–water partition coefficient (Wildman–Crippen LogP) is 2.31. The van der Waals surface area contributed by atoms with E-state index in [0.717, 1.165) is 16.9 Å². The zero-order valence-electron chi connectivity index (χ0n) is 16.7.